The Labute approximate surface area is 147 Å². The largest absolute Gasteiger partial charge is 0.215 e. The molecule has 0 aliphatic heterocycles. The van der Waals surface area contributed by atoms with Gasteiger partial charge < -0.3 is 0 Å². The van der Waals surface area contributed by atoms with E-state index in [0.29, 0.717) is 21.5 Å². The summed E-state index contributed by atoms with van der Waals surface area (Å²) in [5.74, 6) is 0. The highest BCUT2D eigenvalue weighted by molar-refractivity contribution is 14.1. The lowest BCUT2D eigenvalue weighted by atomic mass is 10.1. The van der Waals surface area contributed by atoms with Crippen molar-refractivity contribution in [2.75, 3.05) is 0 Å². The van der Waals surface area contributed by atoms with Crippen LogP contribution in [0.5, 0.6) is 0 Å². The number of hydrogen-bond acceptors (Lipinski definition) is 2. The van der Waals surface area contributed by atoms with Crippen molar-refractivity contribution in [3.05, 3.63) is 48.3 Å². The monoisotopic (exact) mass is 481 g/mol. The third-order valence-electron chi connectivity index (χ3n) is 2.88. The maximum Gasteiger partial charge on any atom is 0.172 e. The second-order valence-electron chi connectivity index (χ2n) is 4.21. The molecule has 0 aliphatic rings. The fourth-order valence-corrected chi connectivity index (χ4v) is 3.45. The molecule has 0 spiro atoms. The molecular weight excluding hydrogens is 476 g/mol. The molecule has 7 heteroatoms. The molecule has 3 rings (SSSR count). The van der Waals surface area contributed by atoms with Gasteiger partial charge in [0, 0.05) is 4.47 Å². The van der Waals surface area contributed by atoms with Gasteiger partial charge in [0.15, 0.2) is 5.65 Å². The van der Waals surface area contributed by atoms with Gasteiger partial charge in [0.2, 0.25) is 0 Å². The molecule has 2 aromatic heterocycles. The van der Waals surface area contributed by atoms with Crippen LogP contribution < -0.4 is 0 Å². The van der Waals surface area contributed by atoms with Crippen LogP contribution in [-0.4, -0.2) is 14.6 Å². The molecule has 0 atom stereocenters. The second-order valence-corrected chi connectivity index (χ2v) is 6.92. The number of hydrogen-bond donors (Lipinski definition) is 0. The summed E-state index contributed by atoms with van der Waals surface area (Å²) in [6.07, 6.45) is 0. The van der Waals surface area contributed by atoms with E-state index in [4.69, 9.17) is 23.2 Å². The molecule has 20 heavy (non-hydrogen) atoms. The minimum absolute atomic E-state index is 0.374. The zero-order valence-electron chi connectivity index (χ0n) is 10.2. The van der Waals surface area contributed by atoms with Crippen LogP contribution in [0.2, 0.25) is 10.3 Å². The Kier molecular flexibility index (Phi) is 3.96. The molecule has 0 saturated carbocycles. The number of fused-ring (bicyclic) bond motifs is 1. The Hall–Kier alpha value is -0.370. The molecule has 0 bridgehead atoms. The third kappa shape index (κ3) is 2.34. The number of aryl methyl sites for hydroxylation is 1. The van der Waals surface area contributed by atoms with Crippen LogP contribution >= 0.6 is 61.7 Å². The van der Waals surface area contributed by atoms with E-state index >= 15 is 0 Å². The Morgan fingerprint density at radius 2 is 2.05 bits per heavy atom. The number of nitrogens with zero attached hydrogens (tertiary/aromatic N) is 3. The lowest BCUT2D eigenvalue weighted by molar-refractivity contribution is 0.919. The molecule has 102 valence electrons. The first-order chi connectivity index (χ1) is 9.49. The second kappa shape index (κ2) is 5.44. The van der Waals surface area contributed by atoms with E-state index in [9.17, 15) is 0 Å². The molecule has 1 aromatic carbocycles. The predicted molar refractivity (Wildman–Crippen MR) is 93.6 cm³/mol. The quantitative estimate of drug-likeness (QED) is 0.344. The number of halogens is 4. The summed E-state index contributed by atoms with van der Waals surface area (Å²) in [6.45, 7) is 1.92. The van der Waals surface area contributed by atoms with E-state index in [1.165, 1.54) is 0 Å². The molecular formula is C13H7BrCl2IN3. The minimum Gasteiger partial charge on any atom is -0.215 e. The lowest BCUT2D eigenvalue weighted by Gasteiger charge is -2.08. The molecule has 3 aromatic rings. The van der Waals surface area contributed by atoms with Gasteiger partial charge >= 0.3 is 0 Å². The summed E-state index contributed by atoms with van der Waals surface area (Å²) in [6, 6.07) is 7.75. The minimum atomic E-state index is 0.374. The SMILES string of the molecule is Cc1nn2c(Cl)c(-c3cccc(Br)c3)c(Cl)nc2c1I. The van der Waals surface area contributed by atoms with Crippen LogP contribution in [0.3, 0.4) is 0 Å². The highest BCUT2D eigenvalue weighted by atomic mass is 127. The summed E-state index contributed by atoms with van der Waals surface area (Å²) in [4.78, 5) is 4.42. The smallest absolute Gasteiger partial charge is 0.172 e. The Bertz CT molecular complexity index is 832. The summed E-state index contributed by atoms with van der Waals surface area (Å²) < 4.78 is 3.53. The van der Waals surface area contributed by atoms with E-state index in [1.807, 2.05) is 31.2 Å². The zero-order valence-corrected chi connectivity index (χ0v) is 15.4. The highest BCUT2D eigenvalue weighted by Gasteiger charge is 2.18. The first-order valence-corrected chi connectivity index (χ1v) is 8.27. The van der Waals surface area contributed by atoms with Crippen molar-refractivity contribution in [3.63, 3.8) is 0 Å². The van der Waals surface area contributed by atoms with E-state index in [1.54, 1.807) is 4.52 Å². The first kappa shape index (κ1) is 14.6. The molecule has 0 aliphatic carbocycles. The van der Waals surface area contributed by atoms with Crippen molar-refractivity contribution >= 4 is 67.4 Å². The van der Waals surface area contributed by atoms with Gasteiger partial charge in [-0.2, -0.15) is 5.10 Å². The summed E-state index contributed by atoms with van der Waals surface area (Å²) in [7, 11) is 0. The van der Waals surface area contributed by atoms with Crippen molar-refractivity contribution in [3.8, 4) is 11.1 Å². The van der Waals surface area contributed by atoms with Gasteiger partial charge in [-0.15, -0.1) is 0 Å². The summed E-state index contributed by atoms with van der Waals surface area (Å²) >= 11 is 18.4. The number of benzene rings is 1. The molecule has 0 N–H and O–H groups in total. The molecule has 0 unspecified atom stereocenters. The third-order valence-corrected chi connectivity index (χ3v) is 5.26. The van der Waals surface area contributed by atoms with Gasteiger partial charge in [-0.05, 0) is 47.2 Å². The van der Waals surface area contributed by atoms with E-state index in [0.717, 1.165) is 19.3 Å². The standard InChI is InChI=1S/C13H7BrCl2IN3/c1-6-10(17)13-18-11(15)9(12(16)20(13)19-6)7-3-2-4-8(14)5-7/h2-5H,1H3. The van der Waals surface area contributed by atoms with Crippen molar-refractivity contribution in [1.29, 1.82) is 0 Å². The van der Waals surface area contributed by atoms with E-state index in [2.05, 4.69) is 48.6 Å². The van der Waals surface area contributed by atoms with Crippen LogP contribution in [0.1, 0.15) is 5.69 Å². The van der Waals surface area contributed by atoms with Gasteiger partial charge in [-0.3, -0.25) is 0 Å². The van der Waals surface area contributed by atoms with Gasteiger partial charge in [-0.1, -0.05) is 51.3 Å². The number of aromatic nitrogens is 3. The fourth-order valence-electron chi connectivity index (χ4n) is 1.95. The molecule has 0 amide bonds. The average molecular weight is 483 g/mol. The first-order valence-electron chi connectivity index (χ1n) is 5.65. The van der Waals surface area contributed by atoms with Gasteiger partial charge in [0.25, 0.3) is 0 Å². The molecule has 0 saturated heterocycles. The highest BCUT2D eigenvalue weighted by Crippen LogP contribution is 2.36. The van der Waals surface area contributed by atoms with Crippen LogP contribution in [0.15, 0.2) is 28.7 Å². The maximum absolute atomic E-state index is 6.48. The van der Waals surface area contributed by atoms with Crippen molar-refractivity contribution in [2.24, 2.45) is 0 Å². The fraction of sp³-hybridized carbons (Fsp3) is 0.0769. The average Bonchev–Trinajstić information content (AvgIpc) is 2.67. The summed E-state index contributed by atoms with van der Waals surface area (Å²) in [5.41, 5.74) is 3.13. The molecule has 0 fully saturated rings. The van der Waals surface area contributed by atoms with E-state index < -0.39 is 0 Å². The molecule has 2 heterocycles. The van der Waals surface area contributed by atoms with Gasteiger partial charge in [0.05, 0.1) is 14.8 Å². The molecule has 3 nitrogen and oxygen atoms in total. The zero-order chi connectivity index (χ0) is 14.4. The van der Waals surface area contributed by atoms with Gasteiger partial charge in [0.1, 0.15) is 10.3 Å². The van der Waals surface area contributed by atoms with Crippen LogP contribution in [-0.2, 0) is 0 Å². The van der Waals surface area contributed by atoms with Crippen LogP contribution in [0, 0.1) is 10.5 Å². The predicted octanol–water partition coefficient (Wildman–Crippen LogP) is 5.38. The molecule has 0 radical (unpaired) electrons. The van der Waals surface area contributed by atoms with Crippen LogP contribution in [0.4, 0.5) is 0 Å². The maximum atomic E-state index is 6.48. The Morgan fingerprint density at radius 1 is 1.30 bits per heavy atom. The Morgan fingerprint density at radius 3 is 2.75 bits per heavy atom. The van der Waals surface area contributed by atoms with Crippen molar-refractivity contribution < 1.29 is 0 Å². The van der Waals surface area contributed by atoms with Gasteiger partial charge in [-0.25, -0.2) is 9.50 Å². The van der Waals surface area contributed by atoms with Crippen molar-refractivity contribution in [2.45, 2.75) is 6.92 Å². The Balaban J connectivity index is 2.37. The normalized spacial score (nSPS) is 11.2. The van der Waals surface area contributed by atoms with Crippen molar-refractivity contribution in [1.82, 2.24) is 14.6 Å². The van der Waals surface area contributed by atoms with E-state index in [-0.39, 0.29) is 0 Å². The topological polar surface area (TPSA) is 30.2 Å². The number of rotatable bonds is 1. The van der Waals surface area contributed by atoms with Crippen LogP contribution in [0.25, 0.3) is 16.8 Å². The lowest BCUT2D eigenvalue weighted by Crippen LogP contribution is -1.97. The summed E-state index contributed by atoms with van der Waals surface area (Å²) in [5, 5.41) is 5.24.